The molecular weight excluding hydrogens is 192 g/mol. The molecule has 1 aromatic carbocycles. The highest BCUT2D eigenvalue weighted by molar-refractivity contribution is 7.99. The van der Waals surface area contributed by atoms with Gasteiger partial charge in [-0.05, 0) is 36.6 Å². The van der Waals surface area contributed by atoms with E-state index >= 15 is 0 Å². The van der Waals surface area contributed by atoms with E-state index < -0.39 is 5.60 Å². The molecule has 1 N–H and O–H groups in total. The van der Waals surface area contributed by atoms with Crippen LogP contribution in [-0.2, 0) is 5.60 Å². The number of rotatable bonds is 3. The molecule has 2 rings (SSSR count). The molecule has 1 nitrogen and oxygen atoms in total. The second kappa shape index (κ2) is 3.95. The Morgan fingerprint density at radius 2 is 2.07 bits per heavy atom. The van der Waals surface area contributed by atoms with E-state index in [9.17, 15) is 5.11 Å². The summed E-state index contributed by atoms with van der Waals surface area (Å²) in [6.45, 7) is 2.15. The van der Waals surface area contributed by atoms with Crippen molar-refractivity contribution >= 4 is 11.8 Å². The Balaban J connectivity index is 2.31. The molecule has 1 aliphatic carbocycles. The Bertz CT molecular complexity index is 318. The highest BCUT2D eigenvalue weighted by Crippen LogP contribution is 2.44. The average Bonchev–Trinajstić information content (AvgIpc) is 2.16. The van der Waals surface area contributed by atoms with Crippen molar-refractivity contribution in [3.8, 4) is 0 Å². The Morgan fingerprint density at radius 1 is 1.36 bits per heavy atom. The molecule has 2 heteroatoms. The van der Waals surface area contributed by atoms with Crippen molar-refractivity contribution < 1.29 is 5.11 Å². The van der Waals surface area contributed by atoms with E-state index in [-0.39, 0.29) is 0 Å². The lowest BCUT2D eigenvalue weighted by Crippen LogP contribution is -2.34. The summed E-state index contributed by atoms with van der Waals surface area (Å²) in [5.74, 6) is 1.06. The summed E-state index contributed by atoms with van der Waals surface area (Å²) in [4.78, 5) is 1.25. The lowest BCUT2D eigenvalue weighted by Gasteiger charge is -2.38. The summed E-state index contributed by atoms with van der Waals surface area (Å²) in [5.41, 5.74) is 0.622. The molecule has 1 fully saturated rings. The minimum atomic E-state index is -0.515. The summed E-state index contributed by atoms with van der Waals surface area (Å²) >= 11 is 1.82. The third kappa shape index (κ3) is 1.69. The zero-order valence-corrected chi connectivity index (χ0v) is 9.31. The molecule has 0 unspecified atom stereocenters. The van der Waals surface area contributed by atoms with Crippen LogP contribution in [0.5, 0.6) is 0 Å². The minimum Gasteiger partial charge on any atom is -0.385 e. The molecule has 0 aliphatic heterocycles. The third-order valence-corrected chi connectivity index (χ3v) is 3.82. The quantitative estimate of drug-likeness (QED) is 0.770. The molecule has 0 heterocycles. The summed E-state index contributed by atoms with van der Waals surface area (Å²) < 4.78 is 0. The van der Waals surface area contributed by atoms with Crippen molar-refractivity contribution in [3.05, 3.63) is 29.8 Å². The highest BCUT2D eigenvalue weighted by Gasteiger charge is 2.37. The first-order valence-electron chi connectivity index (χ1n) is 5.21. The van der Waals surface area contributed by atoms with Gasteiger partial charge in [0, 0.05) is 4.90 Å². The Labute approximate surface area is 89.5 Å². The molecule has 0 saturated heterocycles. The van der Waals surface area contributed by atoms with Crippen LogP contribution in [0.3, 0.4) is 0 Å². The van der Waals surface area contributed by atoms with Gasteiger partial charge in [0.1, 0.15) is 0 Å². The van der Waals surface area contributed by atoms with Gasteiger partial charge in [-0.15, -0.1) is 11.8 Å². The van der Waals surface area contributed by atoms with E-state index in [4.69, 9.17) is 0 Å². The molecule has 1 aromatic rings. The maximum absolute atomic E-state index is 10.3. The predicted molar refractivity (Wildman–Crippen MR) is 60.6 cm³/mol. The Kier molecular flexibility index (Phi) is 2.84. The van der Waals surface area contributed by atoms with Crippen molar-refractivity contribution in [3.63, 3.8) is 0 Å². The smallest absolute Gasteiger partial charge is 0.0907 e. The monoisotopic (exact) mass is 208 g/mol. The number of benzene rings is 1. The van der Waals surface area contributed by atoms with Crippen molar-refractivity contribution in [2.45, 2.75) is 36.7 Å². The Hall–Kier alpha value is -0.470. The van der Waals surface area contributed by atoms with Crippen LogP contribution in [0.2, 0.25) is 0 Å². The zero-order valence-electron chi connectivity index (χ0n) is 8.49. The lowest BCUT2D eigenvalue weighted by atomic mass is 9.75. The first-order valence-corrected chi connectivity index (χ1v) is 6.19. The van der Waals surface area contributed by atoms with Gasteiger partial charge >= 0.3 is 0 Å². The van der Waals surface area contributed by atoms with E-state index in [2.05, 4.69) is 19.1 Å². The first kappa shape index (κ1) is 10.1. The van der Waals surface area contributed by atoms with E-state index in [1.807, 2.05) is 23.9 Å². The first-order chi connectivity index (χ1) is 6.76. The van der Waals surface area contributed by atoms with Gasteiger partial charge in [0.15, 0.2) is 0 Å². The van der Waals surface area contributed by atoms with Gasteiger partial charge in [0.25, 0.3) is 0 Å². The fraction of sp³-hybridized carbons (Fsp3) is 0.500. The molecule has 0 bridgehead atoms. The summed E-state index contributed by atoms with van der Waals surface area (Å²) in [7, 11) is 0. The minimum absolute atomic E-state index is 0.515. The normalized spacial score (nSPS) is 19.0. The van der Waals surface area contributed by atoms with Gasteiger partial charge in [0.2, 0.25) is 0 Å². The van der Waals surface area contributed by atoms with Gasteiger partial charge in [-0.2, -0.15) is 0 Å². The fourth-order valence-corrected chi connectivity index (χ4v) is 2.81. The summed E-state index contributed by atoms with van der Waals surface area (Å²) in [6.07, 6.45) is 3.00. The number of aliphatic hydroxyl groups is 1. The topological polar surface area (TPSA) is 20.2 Å². The number of hydrogen-bond acceptors (Lipinski definition) is 2. The molecule has 1 aliphatic rings. The van der Waals surface area contributed by atoms with Crippen LogP contribution in [-0.4, -0.2) is 10.9 Å². The average molecular weight is 208 g/mol. The molecule has 0 aromatic heterocycles. The molecule has 0 radical (unpaired) electrons. The summed E-state index contributed by atoms with van der Waals surface area (Å²) in [5, 5.41) is 10.3. The standard InChI is InChI=1S/C12H16OS/c1-2-14-11-7-4-3-6-10(11)12(13)8-5-9-12/h3-4,6-7,13H,2,5,8-9H2,1H3. The van der Waals surface area contributed by atoms with Crippen LogP contribution in [0.15, 0.2) is 29.2 Å². The largest absolute Gasteiger partial charge is 0.385 e. The molecule has 0 atom stereocenters. The third-order valence-electron chi connectivity index (χ3n) is 2.87. The van der Waals surface area contributed by atoms with Crippen molar-refractivity contribution in [1.82, 2.24) is 0 Å². The lowest BCUT2D eigenvalue weighted by molar-refractivity contribution is -0.0410. The SMILES string of the molecule is CCSc1ccccc1C1(O)CCC1. The zero-order chi connectivity index (χ0) is 10.0. The van der Waals surface area contributed by atoms with Crippen molar-refractivity contribution in [2.24, 2.45) is 0 Å². The Morgan fingerprint density at radius 3 is 2.64 bits per heavy atom. The molecule has 1 saturated carbocycles. The van der Waals surface area contributed by atoms with E-state index in [1.165, 1.54) is 4.90 Å². The number of hydrogen-bond donors (Lipinski definition) is 1. The van der Waals surface area contributed by atoms with Gasteiger partial charge in [-0.1, -0.05) is 25.1 Å². The van der Waals surface area contributed by atoms with Crippen LogP contribution in [0, 0.1) is 0 Å². The van der Waals surface area contributed by atoms with Gasteiger partial charge < -0.3 is 5.11 Å². The second-order valence-electron chi connectivity index (χ2n) is 3.81. The molecular formula is C12H16OS. The molecule has 14 heavy (non-hydrogen) atoms. The van der Waals surface area contributed by atoms with E-state index in [0.29, 0.717) is 0 Å². The van der Waals surface area contributed by atoms with Crippen molar-refractivity contribution in [2.75, 3.05) is 5.75 Å². The van der Waals surface area contributed by atoms with Crippen LogP contribution in [0.4, 0.5) is 0 Å². The van der Waals surface area contributed by atoms with E-state index in [1.54, 1.807) is 0 Å². The van der Waals surface area contributed by atoms with Gasteiger partial charge in [-0.3, -0.25) is 0 Å². The molecule has 0 amide bonds. The molecule has 0 spiro atoms. The predicted octanol–water partition coefficient (Wildman–Crippen LogP) is 3.17. The number of thioether (sulfide) groups is 1. The summed E-state index contributed by atoms with van der Waals surface area (Å²) in [6, 6.07) is 8.24. The maximum atomic E-state index is 10.3. The fourth-order valence-electron chi connectivity index (χ4n) is 1.91. The molecule has 76 valence electrons. The van der Waals surface area contributed by atoms with Crippen LogP contribution < -0.4 is 0 Å². The van der Waals surface area contributed by atoms with Crippen molar-refractivity contribution in [1.29, 1.82) is 0 Å². The maximum Gasteiger partial charge on any atom is 0.0907 e. The highest BCUT2D eigenvalue weighted by atomic mass is 32.2. The van der Waals surface area contributed by atoms with Crippen LogP contribution in [0.1, 0.15) is 31.7 Å². The van der Waals surface area contributed by atoms with Crippen LogP contribution >= 0.6 is 11.8 Å². The van der Waals surface area contributed by atoms with E-state index in [0.717, 1.165) is 30.6 Å². The van der Waals surface area contributed by atoms with Gasteiger partial charge in [-0.25, -0.2) is 0 Å². The second-order valence-corrected chi connectivity index (χ2v) is 5.12. The van der Waals surface area contributed by atoms with Crippen LogP contribution in [0.25, 0.3) is 0 Å². The van der Waals surface area contributed by atoms with Gasteiger partial charge in [0.05, 0.1) is 5.60 Å².